The number of nitrogens with zero attached hydrogens (tertiary/aromatic N) is 2. The van der Waals surface area contributed by atoms with Crippen LogP contribution in [0, 0.1) is 11.8 Å². The Hall–Kier alpha value is -4.40. The van der Waals surface area contributed by atoms with Gasteiger partial charge in [0.25, 0.3) is 5.91 Å². The Labute approximate surface area is 334 Å². The van der Waals surface area contributed by atoms with Crippen LogP contribution in [0.2, 0.25) is 0 Å². The molecule has 1 aromatic carbocycles. The molecule has 0 radical (unpaired) electrons. The number of methoxy groups -OCH3 is 1. The van der Waals surface area contributed by atoms with Crippen LogP contribution >= 0.6 is 0 Å². The van der Waals surface area contributed by atoms with E-state index in [1.807, 2.05) is 44.2 Å². The topological polar surface area (TPSA) is 182 Å². The van der Waals surface area contributed by atoms with Crippen LogP contribution in [-0.4, -0.2) is 90.3 Å². The van der Waals surface area contributed by atoms with Gasteiger partial charge in [-0.05, 0) is 95.2 Å². The van der Waals surface area contributed by atoms with Crippen LogP contribution in [-0.2, 0) is 35.6 Å². The van der Waals surface area contributed by atoms with Gasteiger partial charge < -0.3 is 29.7 Å². The van der Waals surface area contributed by atoms with Gasteiger partial charge in [0, 0.05) is 29.2 Å². The number of ether oxygens (including phenoxy) is 3. The molecule has 1 saturated heterocycles. The summed E-state index contributed by atoms with van der Waals surface area (Å²) >= 11 is 0. The van der Waals surface area contributed by atoms with E-state index in [1.54, 1.807) is 14.0 Å². The number of carbonyl (C=O) groups excluding carboxylic acids is 4. The molecular weight excluding hydrogens is 751 g/mol. The highest BCUT2D eigenvalue weighted by atomic mass is 32.2. The molecule has 1 spiro atoms. The van der Waals surface area contributed by atoms with Crippen LogP contribution in [0.3, 0.4) is 0 Å². The molecule has 3 aliphatic carbocycles. The smallest absolute Gasteiger partial charge is 0.407 e. The molecule has 1 aromatic heterocycles. The summed E-state index contributed by atoms with van der Waals surface area (Å²) < 4.78 is 45.9. The molecule has 2 aromatic rings. The average molecular weight is 806 g/mol. The van der Waals surface area contributed by atoms with Crippen molar-refractivity contribution in [2.45, 2.75) is 138 Å². The number of nitrogens with one attached hydrogen (secondary N) is 3. The number of benzene rings is 1. The van der Waals surface area contributed by atoms with Crippen molar-refractivity contribution < 1.29 is 41.8 Å². The van der Waals surface area contributed by atoms with Crippen molar-refractivity contribution in [3.63, 3.8) is 0 Å². The number of allylic oxidation sites excluding steroid dienone is 1. The summed E-state index contributed by atoms with van der Waals surface area (Å²) in [7, 11) is -2.36. The molecule has 308 valence electrons. The van der Waals surface area contributed by atoms with Crippen molar-refractivity contribution in [2.75, 3.05) is 20.3 Å². The Morgan fingerprint density at radius 3 is 2.60 bits per heavy atom. The highest BCUT2D eigenvalue weighted by Crippen LogP contribution is 2.52. The standard InChI is InChI=1S/C42H55N5O9S/c1-25(2)23-55-39(51)44-32-11-9-7-5-6-8-10-27-21-42(27,38(50)46-57(52,53)40(3)18-19-40)45-36(48)33-22-41(24-47(33)37(32)49)17-16-29-30-20-28(54-4)14-15-31(30)43-34(26-12-13-26)35(29)56-41/h8,10,14-15,20,25-27,32-33H,5-7,9,11-13,16-19,21-24H2,1-4H3,(H,44,51)(H,45,48)(H,46,50)/b10-8-/t27-,32+,33+,41-,42-/m1/s1. The first-order valence-corrected chi connectivity index (χ1v) is 22.1. The minimum absolute atomic E-state index is 0.0676. The van der Waals surface area contributed by atoms with Gasteiger partial charge in [-0.1, -0.05) is 38.8 Å². The summed E-state index contributed by atoms with van der Waals surface area (Å²) in [4.78, 5) is 63.2. The Kier molecular flexibility index (Phi) is 10.2. The number of amides is 4. The van der Waals surface area contributed by atoms with Crippen molar-refractivity contribution in [3.05, 3.63) is 41.6 Å². The molecule has 3 saturated carbocycles. The van der Waals surface area contributed by atoms with E-state index in [1.165, 1.54) is 4.90 Å². The Morgan fingerprint density at radius 2 is 1.88 bits per heavy atom. The molecule has 15 heteroatoms. The summed E-state index contributed by atoms with van der Waals surface area (Å²) in [6.45, 7) is 5.71. The zero-order valence-corrected chi connectivity index (χ0v) is 34.2. The normalized spacial score (nSPS) is 30.1. The zero-order chi connectivity index (χ0) is 40.3. The SMILES string of the molecule is COc1ccc2nc(C3CC3)c3c(c2c1)CC[C@]1(C[C@H]2C(=O)N[C@]4(C(=O)NS(=O)(=O)C5(C)CC5)C[C@H]4/C=C\CCCCC[C@H](NC(=O)OCC(C)C)C(=O)N2C1)O3. The molecule has 4 heterocycles. The first-order valence-electron chi connectivity index (χ1n) is 20.7. The summed E-state index contributed by atoms with van der Waals surface area (Å²) in [5.41, 5.74) is 0.280. The third-order valence-electron chi connectivity index (χ3n) is 12.8. The maximum absolute atomic E-state index is 14.8. The van der Waals surface area contributed by atoms with E-state index in [4.69, 9.17) is 19.2 Å². The predicted molar refractivity (Wildman–Crippen MR) is 211 cm³/mol. The van der Waals surface area contributed by atoms with E-state index in [-0.39, 0.29) is 37.8 Å². The van der Waals surface area contributed by atoms with Gasteiger partial charge in [0.2, 0.25) is 21.8 Å². The zero-order valence-electron chi connectivity index (χ0n) is 33.4. The predicted octanol–water partition coefficient (Wildman–Crippen LogP) is 4.93. The van der Waals surface area contributed by atoms with E-state index >= 15 is 0 Å². The molecule has 6 aliphatic rings. The van der Waals surface area contributed by atoms with Crippen molar-refractivity contribution in [2.24, 2.45) is 11.8 Å². The first-order chi connectivity index (χ1) is 27.2. The molecule has 3 N–H and O–H groups in total. The van der Waals surface area contributed by atoms with Crippen molar-refractivity contribution in [1.82, 2.24) is 25.2 Å². The molecule has 57 heavy (non-hydrogen) atoms. The number of carbonyl (C=O) groups is 4. The van der Waals surface area contributed by atoms with Gasteiger partial charge in [0.1, 0.15) is 34.7 Å². The number of fused-ring (bicyclic) bond motifs is 5. The van der Waals surface area contributed by atoms with Crippen LogP contribution < -0.4 is 24.8 Å². The second-order valence-corrected chi connectivity index (χ2v) is 20.0. The highest BCUT2D eigenvalue weighted by Gasteiger charge is 2.64. The lowest BCUT2D eigenvalue weighted by Crippen LogP contribution is -2.58. The summed E-state index contributed by atoms with van der Waals surface area (Å²) in [6.07, 6.45) is 10.8. The lowest BCUT2D eigenvalue weighted by molar-refractivity contribution is -0.141. The summed E-state index contributed by atoms with van der Waals surface area (Å²) in [5, 5.41) is 6.72. The number of alkyl carbamates (subject to hydrolysis) is 1. The minimum atomic E-state index is -3.99. The molecule has 4 amide bonds. The van der Waals surface area contributed by atoms with E-state index in [9.17, 15) is 27.6 Å². The highest BCUT2D eigenvalue weighted by molar-refractivity contribution is 7.91. The van der Waals surface area contributed by atoms with E-state index in [0.717, 1.165) is 47.8 Å². The van der Waals surface area contributed by atoms with Gasteiger partial charge >= 0.3 is 6.09 Å². The third-order valence-corrected chi connectivity index (χ3v) is 15.0. The second-order valence-electron chi connectivity index (χ2n) is 17.8. The number of aromatic nitrogens is 1. The Bertz CT molecular complexity index is 2110. The number of pyridine rings is 1. The molecule has 3 aliphatic heterocycles. The van der Waals surface area contributed by atoms with Crippen LogP contribution in [0.4, 0.5) is 4.79 Å². The Morgan fingerprint density at radius 1 is 1.09 bits per heavy atom. The fourth-order valence-corrected chi connectivity index (χ4v) is 10.0. The summed E-state index contributed by atoms with van der Waals surface area (Å²) in [5.74, 6) is -0.471. The maximum atomic E-state index is 14.8. The fraction of sp³-hybridized carbons (Fsp3) is 0.643. The van der Waals surface area contributed by atoms with Gasteiger partial charge in [-0.25, -0.2) is 18.2 Å². The van der Waals surface area contributed by atoms with Gasteiger partial charge in [0.05, 0.1) is 36.2 Å². The second kappa shape index (κ2) is 14.8. The number of hydrogen-bond donors (Lipinski definition) is 3. The Balaban J connectivity index is 1.14. The van der Waals surface area contributed by atoms with Crippen molar-refractivity contribution in [3.8, 4) is 11.5 Å². The molecular formula is C42H55N5O9S. The largest absolute Gasteiger partial charge is 0.497 e. The van der Waals surface area contributed by atoms with Gasteiger partial charge in [-0.3, -0.25) is 19.1 Å². The van der Waals surface area contributed by atoms with Gasteiger partial charge in [0.15, 0.2) is 0 Å². The quantitative estimate of drug-likeness (QED) is 0.310. The summed E-state index contributed by atoms with van der Waals surface area (Å²) in [6, 6.07) is 3.78. The third kappa shape index (κ3) is 7.68. The minimum Gasteiger partial charge on any atom is -0.497 e. The van der Waals surface area contributed by atoms with Crippen LogP contribution in [0.1, 0.15) is 115 Å². The molecule has 8 rings (SSSR count). The molecule has 0 bridgehead atoms. The van der Waals surface area contributed by atoms with Gasteiger partial charge in [-0.2, -0.15) is 0 Å². The lowest BCUT2D eigenvalue weighted by Gasteiger charge is -2.37. The van der Waals surface area contributed by atoms with E-state index < -0.39 is 67.7 Å². The average Bonchev–Trinajstić information content (AvgIpc) is 4.12. The molecule has 14 nitrogen and oxygen atoms in total. The number of hydrogen-bond acceptors (Lipinski definition) is 10. The first kappa shape index (κ1) is 39.4. The van der Waals surface area contributed by atoms with Crippen molar-refractivity contribution in [1.29, 1.82) is 0 Å². The monoisotopic (exact) mass is 805 g/mol. The molecule has 5 atom stereocenters. The number of sulfonamides is 1. The number of aryl methyl sites for hydroxylation is 1. The molecule has 0 unspecified atom stereocenters. The van der Waals surface area contributed by atoms with Crippen LogP contribution in [0.15, 0.2) is 30.4 Å². The van der Waals surface area contributed by atoms with E-state index in [0.29, 0.717) is 56.4 Å². The van der Waals surface area contributed by atoms with Crippen LogP contribution in [0.25, 0.3) is 10.9 Å². The van der Waals surface area contributed by atoms with Gasteiger partial charge in [-0.15, -0.1) is 0 Å². The fourth-order valence-electron chi connectivity index (χ4n) is 8.72. The molecule has 4 fully saturated rings. The maximum Gasteiger partial charge on any atom is 0.407 e. The van der Waals surface area contributed by atoms with Crippen LogP contribution in [0.5, 0.6) is 11.5 Å². The van der Waals surface area contributed by atoms with E-state index in [2.05, 4.69) is 15.4 Å². The lowest BCUT2D eigenvalue weighted by atomic mass is 9.86. The van der Waals surface area contributed by atoms with Crippen molar-refractivity contribution >= 4 is 44.7 Å². The number of rotatable bonds is 8.